The van der Waals surface area contributed by atoms with Crippen LogP contribution >= 0.6 is 11.6 Å². The normalized spacial score (nSPS) is 11.8. The highest BCUT2D eigenvalue weighted by Crippen LogP contribution is 2.20. The van der Waals surface area contributed by atoms with E-state index < -0.39 is 16.8 Å². The Morgan fingerprint density at radius 2 is 2.24 bits per heavy atom. The van der Waals surface area contributed by atoms with Gasteiger partial charge in [0.1, 0.15) is 0 Å². The SMILES string of the molecule is N#CCCCS(=O)c1ccc(Cl)c(C(=O)O)c1. The molecule has 6 heteroatoms. The number of carbonyl (C=O) groups is 1. The molecule has 0 aliphatic carbocycles. The number of hydrogen-bond acceptors (Lipinski definition) is 3. The van der Waals surface area contributed by atoms with E-state index in [0.717, 1.165) is 0 Å². The summed E-state index contributed by atoms with van der Waals surface area (Å²) in [5, 5.41) is 17.3. The highest BCUT2D eigenvalue weighted by molar-refractivity contribution is 7.85. The van der Waals surface area contributed by atoms with Gasteiger partial charge in [0.05, 0.1) is 27.5 Å². The summed E-state index contributed by atoms with van der Waals surface area (Å²) in [6.07, 6.45) is 0.860. The molecular formula is C11H10ClNO3S. The van der Waals surface area contributed by atoms with Crippen LogP contribution in [0.15, 0.2) is 23.1 Å². The van der Waals surface area contributed by atoms with Crippen LogP contribution in [0.25, 0.3) is 0 Å². The molecule has 0 aromatic heterocycles. The number of halogens is 1. The van der Waals surface area contributed by atoms with Crippen molar-refractivity contribution in [3.8, 4) is 6.07 Å². The van der Waals surface area contributed by atoms with E-state index in [-0.39, 0.29) is 10.6 Å². The minimum atomic E-state index is -1.29. The van der Waals surface area contributed by atoms with Gasteiger partial charge < -0.3 is 5.11 Å². The van der Waals surface area contributed by atoms with Crippen molar-refractivity contribution in [2.24, 2.45) is 0 Å². The lowest BCUT2D eigenvalue weighted by Gasteiger charge is -2.04. The van der Waals surface area contributed by atoms with E-state index in [1.165, 1.54) is 18.2 Å². The second kappa shape index (κ2) is 6.38. The molecule has 0 saturated carbocycles. The third-order valence-corrected chi connectivity index (χ3v) is 3.82. The molecule has 1 atom stereocenters. The summed E-state index contributed by atoms with van der Waals surface area (Å²) < 4.78 is 11.8. The molecule has 4 nitrogen and oxygen atoms in total. The van der Waals surface area contributed by atoms with Crippen LogP contribution in [-0.2, 0) is 10.8 Å². The number of carboxylic acid groups (broad SMARTS) is 1. The van der Waals surface area contributed by atoms with Crippen LogP contribution in [0, 0.1) is 11.3 Å². The first-order valence-electron chi connectivity index (χ1n) is 4.84. The average Bonchev–Trinajstić information content (AvgIpc) is 2.29. The molecule has 17 heavy (non-hydrogen) atoms. The molecule has 1 unspecified atom stereocenters. The third-order valence-electron chi connectivity index (χ3n) is 2.05. The number of unbranched alkanes of at least 4 members (excludes halogenated alkanes) is 1. The molecule has 0 bridgehead atoms. The Kier molecular flexibility index (Phi) is 5.13. The van der Waals surface area contributed by atoms with Crippen molar-refractivity contribution >= 4 is 28.4 Å². The van der Waals surface area contributed by atoms with Gasteiger partial charge in [-0.25, -0.2) is 4.79 Å². The van der Waals surface area contributed by atoms with Crippen molar-refractivity contribution in [1.82, 2.24) is 0 Å². The quantitative estimate of drug-likeness (QED) is 0.835. The molecule has 1 aromatic carbocycles. The number of carboxylic acids is 1. The summed E-state index contributed by atoms with van der Waals surface area (Å²) in [5.41, 5.74) is -0.0576. The highest BCUT2D eigenvalue weighted by atomic mass is 35.5. The third kappa shape index (κ3) is 3.84. The van der Waals surface area contributed by atoms with Crippen molar-refractivity contribution < 1.29 is 14.1 Å². The monoisotopic (exact) mass is 271 g/mol. The molecule has 0 radical (unpaired) electrons. The zero-order valence-corrected chi connectivity index (χ0v) is 10.4. The molecule has 1 aromatic rings. The molecule has 1 rings (SSSR count). The summed E-state index contributed by atoms with van der Waals surface area (Å²) in [4.78, 5) is 11.3. The summed E-state index contributed by atoms with van der Waals surface area (Å²) in [5.74, 6) is -0.806. The van der Waals surface area contributed by atoms with Gasteiger partial charge in [-0.2, -0.15) is 5.26 Å². The van der Waals surface area contributed by atoms with E-state index in [0.29, 0.717) is 23.5 Å². The number of rotatable bonds is 5. The molecular weight excluding hydrogens is 262 g/mol. The maximum Gasteiger partial charge on any atom is 0.337 e. The van der Waals surface area contributed by atoms with E-state index in [9.17, 15) is 9.00 Å². The standard InChI is InChI=1S/C11H10ClNO3S/c12-10-4-3-8(7-9(10)11(14)15)17(16)6-2-1-5-13/h3-4,7H,1-2,6H2,(H,14,15). The predicted molar refractivity (Wildman–Crippen MR) is 64.5 cm³/mol. The molecule has 0 aliphatic heterocycles. The Balaban J connectivity index is 2.85. The first-order valence-corrected chi connectivity index (χ1v) is 6.54. The van der Waals surface area contributed by atoms with E-state index >= 15 is 0 Å². The molecule has 90 valence electrons. The first-order chi connectivity index (χ1) is 8.06. The Morgan fingerprint density at radius 3 is 2.82 bits per heavy atom. The van der Waals surface area contributed by atoms with Crippen LogP contribution in [0.3, 0.4) is 0 Å². The second-order valence-corrected chi connectivity index (χ2v) is 5.24. The molecule has 0 spiro atoms. The van der Waals surface area contributed by atoms with Crippen LogP contribution in [0.5, 0.6) is 0 Å². The lowest BCUT2D eigenvalue weighted by molar-refractivity contribution is 0.0697. The summed E-state index contributed by atoms with van der Waals surface area (Å²) >= 11 is 5.70. The van der Waals surface area contributed by atoms with Gasteiger partial charge in [0.2, 0.25) is 0 Å². The Hall–Kier alpha value is -1.38. The lowest BCUT2D eigenvalue weighted by Crippen LogP contribution is -2.02. The number of hydrogen-bond donors (Lipinski definition) is 1. The van der Waals surface area contributed by atoms with Crippen molar-refractivity contribution in [3.63, 3.8) is 0 Å². The Labute approximate surface area is 106 Å². The Morgan fingerprint density at radius 1 is 1.53 bits per heavy atom. The molecule has 0 aliphatic rings. The van der Waals surface area contributed by atoms with Crippen LogP contribution in [-0.4, -0.2) is 21.0 Å². The van der Waals surface area contributed by atoms with Crippen molar-refractivity contribution in [2.45, 2.75) is 17.7 Å². The highest BCUT2D eigenvalue weighted by Gasteiger charge is 2.12. The van der Waals surface area contributed by atoms with Gasteiger partial charge in [-0.05, 0) is 24.6 Å². The van der Waals surface area contributed by atoms with Gasteiger partial charge >= 0.3 is 5.97 Å². The van der Waals surface area contributed by atoms with Crippen LogP contribution < -0.4 is 0 Å². The largest absolute Gasteiger partial charge is 0.478 e. The molecule has 0 fully saturated rings. The van der Waals surface area contributed by atoms with Gasteiger partial charge in [-0.3, -0.25) is 4.21 Å². The van der Waals surface area contributed by atoms with E-state index in [4.69, 9.17) is 22.0 Å². The summed E-state index contributed by atoms with van der Waals surface area (Å²) in [6, 6.07) is 6.23. The minimum absolute atomic E-state index is 0.0576. The van der Waals surface area contributed by atoms with Crippen LogP contribution in [0.4, 0.5) is 0 Å². The van der Waals surface area contributed by atoms with Crippen molar-refractivity contribution in [1.29, 1.82) is 5.26 Å². The smallest absolute Gasteiger partial charge is 0.337 e. The molecule has 0 saturated heterocycles. The summed E-state index contributed by atoms with van der Waals surface area (Å²) in [7, 11) is -1.29. The zero-order valence-electron chi connectivity index (χ0n) is 8.85. The van der Waals surface area contributed by atoms with Gasteiger partial charge in [-0.15, -0.1) is 0 Å². The zero-order chi connectivity index (χ0) is 12.8. The maximum atomic E-state index is 11.8. The lowest BCUT2D eigenvalue weighted by atomic mass is 10.2. The van der Waals surface area contributed by atoms with Gasteiger partial charge in [-0.1, -0.05) is 11.6 Å². The topological polar surface area (TPSA) is 78.2 Å². The number of benzene rings is 1. The van der Waals surface area contributed by atoms with Crippen molar-refractivity contribution in [2.75, 3.05) is 5.75 Å². The maximum absolute atomic E-state index is 11.8. The van der Waals surface area contributed by atoms with Crippen molar-refractivity contribution in [3.05, 3.63) is 28.8 Å². The molecule has 0 heterocycles. The van der Waals surface area contributed by atoms with E-state index in [1.54, 1.807) is 0 Å². The van der Waals surface area contributed by atoms with Gasteiger partial charge in [0.25, 0.3) is 0 Å². The predicted octanol–water partition coefficient (Wildman–Crippen LogP) is 2.45. The molecule has 0 amide bonds. The first kappa shape index (κ1) is 13.7. The number of aromatic carboxylic acids is 1. The summed E-state index contributed by atoms with van der Waals surface area (Å²) in [6.45, 7) is 0. The van der Waals surface area contributed by atoms with E-state index in [1.807, 2.05) is 6.07 Å². The van der Waals surface area contributed by atoms with Crippen LogP contribution in [0.2, 0.25) is 5.02 Å². The van der Waals surface area contributed by atoms with Gasteiger partial charge in [0, 0.05) is 17.1 Å². The number of nitriles is 1. The number of nitrogens with zero attached hydrogens (tertiary/aromatic N) is 1. The average molecular weight is 272 g/mol. The fourth-order valence-corrected chi connectivity index (χ4v) is 2.52. The van der Waals surface area contributed by atoms with Gasteiger partial charge in [0.15, 0.2) is 0 Å². The fourth-order valence-electron chi connectivity index (χ4n) is 1.21. The minimum Gasteiger partial charge on any atom is -0.478 e. The molecule has 1 N–H and O–H groups in total. The van der Waals surface area contributed by atoms with E-state index in [2.05, 4.69) is 0 Å². The Bertz CT molecular complexity index is 496. The second-order valence-electron chi connectivity index (χ2n) is 3.26. The van der Waals surface area contributed by atoms with Crippen LogP contribution in [0.1, 0.15) is 23.2 Å². The fraction of sp³-hybridized carbons (Fsp3) is 0.273.